The highest BCUT2D eigenvalue weighted by atomic mass is 16.2. The summed E-state index contributed by atoms with van der Waals surface area (Å²) in [5.41, 5.74) is 0. The Labute approximate surface area is 104 Å². The van der Waals surface area contributed by atoms with E-state index in [1.807, 2.05) is 4.90 Å². The molecule has 1 heterocycles. The zero-order chi connectivity index (χ0) is 12.7. The molecular formula is C13H24N2O2. The molecule has 1 atom stereocenters. The van der Waals surface area contributed by atoms with E-state index in [9.17, 15) is 9.59 Å². The fourth-order valence-electron chi connectivity index (χ4n) is 2.10. The summed E-state index contributed by atoms with van der Waals surface area (Å²) >= 11 is 0. The lowest BCUT2D eigenvalue weighted by molar-refractivity contribution is -0.136. The van der Waals surface area contributed by atoms with Crippen LogP contribution >= 0.6 is 0 Å². The first kappa shape index (κ1) is 14.0. The number of carbonyl (C=O) groups excluding carboxylic acids is 2. The highest BCUT2D eigenvalue weighted by Gasteiger charge is 2.22. The number of nitrogens with one attached hydrogen (secondary N) is 1. The molecule has 0 radical (unpaired) electrons. The molecule has 1 N–H and O–H groups in total. The van der Waals surface area contributed by atoms with Gasteiger partial charge >= 0.3 is 0 Å². The van der Waals surface area contributed by atoms with Crippen LogP contribution in [0, 0.1) is 0 Å². The smallest absolute Gasteiger partial charge is 0.244 e. The standard InChI is InChI=1S/C13H24N2O2/c1-3-4-8-12(16)14-11(2)13(17)15-9-6-5-7-10-15/h11H,3-10H2,1-2H3,(H,14,16)/t11-/m0/s1. The van der Waals surface area contributed by atoms with Crippen LogP contribution in [0.1, 0.15) is 52.4 Å². The van der Waals surface area contributed by atoms with Crippen molar-refractivity contribution < 1.29 is 9.59 Å². The predicted molar refractivity (Wildman–Crippen MR) is 67.6 cm³/mol. The van der Waals surface area contributed by atoms with Gasteiger partial charge in [-0.25, -0.2) is 0 Å². The van der Waals surface area contributed by atoms with Gasteiger partial charge in [0.25, 0.3) is 0 Å². The Morgan fingerprint density at radius 3 is 2.47 bits per heavy atom. The zero-order valence-electron chi connectivity index (χ0n) is 11.0. The first-order valence-electron chi connectivity index (χ1n) is 6.73. The van der Waals surface area contributed by atoms with Gasteiger partial charge in [-0.1, -0.05) is 13.3 Å². The Hall–Kier alpha value is -1.06. The molecule has 0 saturated carbocycles. The van der Waals surface area contributed by atoms with Gasteiger partial charge in [0, 0.05) is 19.5 Å². The highest BCUT2D eigenvalue weighted by molar-refractivity contribution is 5.87. The molecule has 1 fully saturated rings. The molecule has 0 aromatic heterocycles. The van der Waals surface area contributed by atoms with E-state index in [-0.39, 0.29) is 17.9 Å². The summed E-state index contributed by atoms with van der Waals surface area (Å²) in [6.45, 7) is 5.51. The van der Waals surface area contributed by atoms with E-state index in [0.29, 0.717) is 6.42 Å². The maximum Gasteiger partial charge on any atom is 0.244 e. The molecule has 0 aliphatic carbocycles. The zero-order valence-corrected chi connectivity index (χ0v) is 11.0. The quantitative estimate of drug-likeness (QED) is 0.795. The van der Waals surface area contributed by atoms with Crippen LogP contribution in [0.5, 0.6) is 0 Å². The maximum atomic E-state index is 12.0. The first-order valence-corrected chi connectivity index (χ1v) is 6.73. The number of unbranched alkanes of at least 4 members (excludes halogenated alkanes) is 1. The molecule has 0 bridgehead atoms. The molecule has 4 heteroatoms. The van der Waals surface area contributed by atoms with Crippen molar-refractivity contribution in [2.24, 2.45) is 0 Å². The minimum Gasteiger partial charge on any atom is -0.345 e. The van der Waals surface area contributed by atoms with Crippen molar-refractivity contribution in [3.05, 3.63) is 0 Å². The largest absolute Gasteiger partial charge is 0.345 e. The lowest BCUT2D eigenvalue weighted by atomic mass is 10.1. The molecular weight excluding hydrogens is 216 g/mol. The summed E-state index contributed by atoms with van der Waals surface area (Å²) < 4.78 is 0. The maximum absolute atomic E-state index is 12.0. The SMILES string of the molecule is CCCCC(=O)N[C@@H](C)C(=O)N1CCCCC1. The summed E-state index contributed by atoms with van der Waals surface area (Å²) in [5.74, 6) is 0.0549. The van der Waals surface area contributed by atoms with Gasteiger partial charge in [-0.15, -0.1) is 0 Å². The number of hydrogen-bond acceptors (Lipinski definition) is 2. The number of rotatable bonds is 5. The second kappa shape index (κ2) is 7.30. The normalized spacial score (nSPS) is 17.6. The van der Waals surface area contributed by atoms with Crippen molar-refractivity contribution in [3.63, 3.8) is 0 Å². The van der Waals surface area contributed by atoms with Crippen LogP contribution in [0.15, 0.2) is 0 Å². The molecule has 0 spiro atoms. The number of piperidine rings is 1. The number of hydrogen-bond donors (Lipinski definition) is 1. The Bertz CT molecular complexity index is 260. The van der Waals surface area contributed by atoms with Crippen LogP contribution in [0.3, 0.4) is 0 Å². The highest BCUT2D eigenvalue weighted by Crippen LogP contribution is 2.10. The van der Waals surface area contributed by atoms with E-state index in [4.69, 9.17) is 0 Å². The van der Waals surface area contributed by atoms with Crippen LogP contribution in [0.25, 0.3) is 0 Å². The van der Waals surface area contributed by atoms with E-state index in [1.54, 1.807) is 6.92 Å². The van der Waals surface area contributed by atoms with Gasteiger partial charge in [-0.05, 0) is 32.6 Å². The van der Waals surface area contributed by atoms with Crippen LogP contribution in [-0.2, 0) is 9.59 Å². The summed E-state index contributed by atoms with van der Waals surface area (Å²) in [5, 5.41) is 2.78. The minimum atomic E-state index is -0.377. The Kier molecular flexibility index (Phi) is 6.01. The van der Waals surface area contributed by atoms with Gasteiger partial charge in [0.15, 0.2) is 0 Å². The van der Waals surface area contributed by atoms with E-state index < -0.39 is 0 Å². The topological polar surface area (TPSA) is 49.4 Å². The van der Waals surface area contributed by atoms with E-state index in [1.165, 1.54) is 6.42 Å². The van der Waals surface area contributed by atoms with Gasteiger partial charge in [-0.2, -0.15) is 0 Å². The third kappa shape index (κ3) is 4.75. The minimum absolute atomic E-state index is 0.00953. The summed E-state index contributed by atoms with van der Waals surface area (Å²) in [6.07, 6.45) is 5.79. The molecule has 2 amide bonds. The van der Waals surface area contributed by atoms with Crippen LogP contribution < -0.4 is 5.32 Å². The Morgan fingerprint density at radius 1 is 1.24 bits per heavy atom. The van der Waals surface area contributed by atoms with Crippen molar-refractivity contribution in [2.45, 2.75) is 58.4 Å². The first-order chi connectivity index (χ1) is 8.15. The second-order valence-electron chi connectivity index (χ2n) is 4.78. The molecule has 1 saturated heterocycles. The van der Waals surface area contributed by atoms with Crippen molar-refractivity contribution in [3.8, 4) is 0 Å². The van der Waals surface area contributed by atoms with Crippen molar-refractivity contribution in [1.29, 1.82) is 0 Å². The van der Waals surface area contributed by atoms with E-state index >= 15 is 0 Å². The van der Waals surface area contributed by atoms with Crippen LogP contribution in [-0.4, -0.2) is 35.8 Å². The van der Waals surface area contributed by atoms with Gasteiger partial charge in [0.1, 0.15) is 6.04 Å². The third-order valence-electron chi connectivity index (χ3n) is 3.17. The summed E-state index contributed by atoms with van der Waals surface area (Å²) in [6, 6.07) is -0.377. The molecule has 17 heavy (non-hydrogen) atoms. The molecule has 0 aromatic carbocycles. The van der Waals surface area contributed by atoms with Crippen LogP contribution in [0.4, 0.5) is 0 Å². The van der Waals surface area contributed by atoms with Crippen molar-refractivity contribution >= 4 is 11.8 Å². The molecule has 0 aromatic rings. The fourth-order valence-corrected chi connectivity index (χ4v) is 2.10. The van der Waals surface area contributed by atoms with Gasteiger partial charge < -0.3 is 10.2 Å². The molecule has 1 aliphatic heterocycles. The van der Waals surface area contributed by atoms with Crippen LogP contribution in [0.2, 0.25) is 0 Å². The Balaban J connectivity index is 2.32. The molecule has 98 valence electrons. The van der Waals surface area contributed by atoms with E-state index in [0.717, 1.165) is 38.8 Å². The van der Waals surface area contributed by atoms with Gasteiger partial charge in [-0.3, -0.25) is 9.59 Å². The van der Waals surface area contributed by atoms with Crippen molar-refractivity contribution in [2.75, 3.05) is 13.1 Å². The molecule has 4 nitrogen and oxygen atoms in total. The lowest BCUT2D eigenvalue weighted by Crippen LogP contribution is -2.48. The predicted octanol–water partition coefficient (Wildman–Crippen LogP) is 1.69. The summed E-state index contributed by atoms with van der Waals surface area (Å²) in [7, 11) is 0. The second-order valence-corrected chi connectivity index (χ2v) is 4.78. The molecule has 1 aliphatic rings. The van der Waals surface area contributed by atoms with Gasteiger partial charge in [0.2, 0.25) is 11.8 Å². The fraction of sp³-hybridized carbons (Fsp3) is 0.846. The monoisotopic (exact) mass is 240 g/mol. The van der Waals surface area contributed by atoms with Crippen molar-refractivity contribution in [1.82, 2.24) is 10.2 Å². The number of amides is 2. The average molecular weight is 240 g/mol. The number of nitrogens with zero attached hydrogens (tertiary/aromatic N) is 1. The average Bonchev–Trinajstić information content (AvgIpc) is 2.36. The number of carbonyl (C=O) groups is 2. The summed E-state index contributed by atoms with van der Waals surface area (Å²) in [4.78, 5) is 25.4. The molecule has 0 unspecified atom stereocenters. The van der Waals surface area contributed by atoms with Gasteiger partial charge in [0.05, 0.1) is 0 Å². The number of likely N-dealkylation sites (tertiary alicyclic amines) is 1. The Morgan fingerprint density at radius 2 is 1.88 bits per heavy atom. The lowest BCUT2D eigenvalue weighted by Gasteiger charge is -2.29. The molecule has 1 rings (SSSR count). The third-order valence-corrected chi connectivity index (χ3v) is 3.17. The van der Waals surface area contributed by atoms with E-state index in [2.05, 4.69) is 12.2 Å².